The van der Waals surface area contributed by atoms with Crippen molar-refractivity contribution in [3.8, 4) is 0 Å². The maximum atomic E-state index is 11.2. The molecule has 0 amide bonds. The van der Waals surface area contributed by atoms with Gasteiger partial charge in [0, 0.05) is 12.1 Å². The molecule has 1 unspecified atom stereocenters. The normalized spacial score (nSPS) is 21.3. The molecule has 0 aromatic heterocycles. The van der Waals surface area contributed by atoms with E-state index in [1.165, 1.54) is 7.11 Å². The molecule has 0 aromatic rings. The molecular formula is C11H22N2O2. The van der Waals surface area contributed by atoms with Crippen LogP contribution in [0, 0.1) is 0 Å². The van der Waals surface area contributed by atoms with Crippen molar-refractivity contribution in [2.75, 3.05) is 20.2 Å². The predicted octanol–water partition coefficient (Wildman–Crippen LogP) is 0.751. The number of hydrogen-bond acceptors (Lipinski definition) is 4. The standard InChI is InChI=1S/C11H22N2O2/c1-3-10(8-11(14)15-2)13-6-4-9(12)5-7-13/h9-10H,3-8,12H2,1-2H3. The largest absolute Gasteiger partial charge is 0.469 e. The lowest BCUT2D eigenvalue weighted by atomic mass is 10.0. The van der Waals surface area contributed by atoms with E-state index in [2.05, 4.69) is 11.8 Å². The molecule has 0 aliphatic carbocycles. The maximum Gasteiger partial charge on any atom is 0.307 e. The predicted molar refractivity (Wildman–Crippen MR) is 59.5 cm³/mol. The first kappa shape index (κ1) is 12.5. The Hall–Kier alpha value is -0.610. The molecule has 2 N–H and O–H groups in total. The minimum atomic E-state index is -0.114. The van der Waals surface area contributed by atoms with Gasteiger partial charge < -0.3 is 10.5 Å². The molecule has 0 saturated carbocycles. The molecular weight excluding hydrogens is 192 g/mol. The molecule has 88 valence electrons. The number of carbonyl (C=O) groups excluding carboxylic acids is 1. The first-order chi connectivity index (χ1) is 7.17. The number of carbonyl (C=O) groups is 1. The Kier molecular flexibility index (Phi) is 5.05. The summed E-state index contributed by atoms with van der Waals surface area (Å²) in [5.41, 5.74) is 5.85. The number of esters is 1. The van der Waals surface area contributed by atoms with Crippen LogP contribution in [0.5, 0.6) is 0 Å². The summed E-state index contributed by atoms with van der Waals surface area (Å²) in [5, 5.41) is 0. The van der Waals surface area contributed by atoms with E-state index < -0.39 is 0 Å². The van der Waals surface area contributed by atoms with Crippen LogP contribution < -0.4 is 5.73 Å². The Labute approximate surface area is 91.8 Å². The second-order valence-electron chi connectivity index (χ2n) is 4.22. The average molecular weight is 214 g/mol. The summed E-state index contributed by atoms with van der Waals surface area (Å²) in [5.74, 6) is -0.114. The molecule has 1 atom stereocenters. The van der Waals surface area contributed by atoms with Crippen LogP contribution in [0.3, 0.4) is 0 Å². The molecule has 0 aromatic carbocycles. The summed E-state index contributed by atoms with van der Waals surface area (Å²) in [7, 11) is 1.45. The second-order valence-corrected chi connectivity index (χ2v) is 4.22. The first-order valence-corrected chi connectivity index (χ1v) is 5.73. The molecule has 4 nitrogen and oxygen atoms in total. The fourth-order valence-electron chi connectivity index (χ4n) is 2.09. The van der Waals surface area contributed by atoms with Crippen molar-refractivity contribution >= 4 is 5.97 Å². The van der Waals surface area contributed by atoms with E-state index in [1.54, 1.807) is 0 Å². The molecule has 15 heavy (non-hydrogen) atoms. The summed E-state index contributed by atoms with van der Waals surface area (Å²) in [6.45, 7) is 4.13. The molecule has 1 rings (SSSR count). The zero-order chi connectivity index (χ0) is 11.3. The molecule has 4 heteroatoms. The quantitative estimate of drug-likeness (QED) is 0.702. The van der Waals surface area contributed by atoms with Crippen molar-refractivity contribution in [1.29, 1.82) is 0 Å². The highest BCUT2D eigenvalue weighted by Gasteiger charge is 2.24. The Morgan fingerprint density at radius 2 is 2.13 bits per heavy atom. The van der Waals surface area contributed by atoms with Crippen LogP contribution in [0.1, 0.15) is 32.6 Å². The van der Waals surface area contributed by atoms with Gasteiger partial charge in [0.15, 0.2) is 0 Å². The Balaban J connectivity index is 2.40. The van der Waals surface area contributed by atoms with Crippen molar-refractivity contribution in [2.45, 2.75) is 44.7 Å². The van der Waals surface area contributed by atoms with E-state index >= 15 is 0 Å². The molecule has 0 radical (unpaired) electrons. The van der Waals surface area contributed by atoms with Gasteiger partial charge in [-0.15, -0.1) is 0 Å². The van der Waals surface area contributed by atoms with Gasteiger partial charge in [-0.2, -0.15) is 0 Å². The molecule has 1 fully saturated rings. The molecule has 1 aliphatic heterocycles. The Morgan fingerprint density at radius 1 is 1.53 bits per heavy atom. The van der Waals surface area contributed by atoms with E-state index in [0.717, 1.165) is 32.4 Å². The number of nitrogens with zero attached hydrogens (tertiary/aromatic N) is 1. The molecule has 1 aliphatic rings. The van der Waals surface area contributed by atoms with Crippen LogP contribution >= 0.6 is 0 Å². The molecule has 1 heterocycles. The SMILES string of the molecule is CCC(CC(=O)OC)N1CCC(N)CC1. The first-order valence-electron chi connectivity index (χ1n) is 5.73. The molecule has 1 saturated heterocycles. The van der Waals surface area contributed by atoms with E-state index in [4.69, 9.17) is 10.5 Å². The van der Waals surface area contributed by atoms with E-state index in [9.17, 15) is 4.79 Å². The number of rotatable bonds is 4. The highest BCUT2D eigenvalue weighted by molar-refractivity contribution is 5.69. The number of methoxy groups -OCH3 is 1. The number of nitrogens with two attached hydrogens (primary N) is 1. The van der Waals surface area contributed by atoms with Crippen molar-refractivity contribution in [3.63, 3.8) is 0 Å². The minimum absolute atomic E-state index is 0.114. The number of ether oxygens (including phenoxy) is 1. The van der Waals surface area contributed by atoms with E-state index in [1.807, 2.05) is 0 Å². The second kappa shape index (κ2) is 6.08. The highest BCUT2D eigenvalue weighted by atomic mass is 16.5. The summed E-state index contributed by atoms with van der Waals surface area (Å²) in [4.78, 5) is 13.6. The van der Waals surface area contributed by atoms with Gasteiger partial charge in [0.05, 0.1) is 13.5 Å². The van der Waals surface area contributed by atoms with Crippen molar-refractivity contribution in [2.24, 2.45) is 5.73 Å². The summed E-state index contributed by atoms with van der Waals surface area (Å²) in [6, 6.07) is 0.668. The van der Waals surface area contributed by atoms with Gasteiger partial charge in [-0.3, -0.25) is 9.69 Å². The molecule has 0 spiro atoms. The van der Waals surface area contributed by atoms with Gasteiger partial charge >= 0.3 is 5.97 Å². The lowest BCUT2D eigenvalue weighted by molar-refractivity contribution is -0.142. The van der Waals surface area contributed by atoms with Gasteiger partial charge in [0.2, 0.25) is 0 Å². The lowest BCUT2D eigenvalue weighted by Gasteiger charge is -2.35. The maximum absolute atomic E-state index is 11.2. The van der Waals surface area contributed by atoms with Crippen LogP contribution in [-0.2, 0) is 9.53 Å². The van der Waals surface area contributed by atoms with Crippen LogP contribution in [0.2, 0.25) is 0 Å². The van der Waals surface area contributed by atoms with Crippen LogP contribution in [-0.4, -0.2) is 43.2 Å². The van der Waals surface area contributed by atoms with Crippen molar-refractivity contribution in [3.05, 3.63) is 0 Å². The third-order valence-electron chi connectivity index (χ3n) is 3.19. The summed E-state index contributed by atoms with van der Waals surface area (Å²) in [6.07, 6.45) is 3.57. The summed E-state index contributed by atoms with van der Waals surface area (Å²) < 4.78 is 4.70. The Morgan fingerprint density at radius 3 is 2.60 bits per heavy atom. The van der Waals surface area contributed by atoms with Crippen LogP contribution in [0.4, 0.5) is 0 Å². The van der Waals surface area contributed by atoms with E-state index in [-0.39, 0.29) is 5.97 Å². The van der Waals surface area contributed by atoms with Gasteiger partial charge in [-0.05, 0) is 32.4 Å². The van der Waals surface area contributed by atoms with Crippen molar-refractivity contribution < 1.29 is 9.53 Å². The minimum Gasteiger partial charge on any atom is -0.469 e. The monoisotopic (exact) mass is 214 g/mol. The number of likely N-dealkylation sites (tertiary alicyclic amines) is 1. The molecule has 0 bridgehead atoms. The lowest BCUT2D eigenvalue weighted by Crippen LogP contribution is -2.45. The zero-order valence-electron chi connectivity index (χ0n) is 9.74. The number of hydrogen-bond donors (Lipinski definition) is 1. The zero-order valence-corrected chi connectivity index (χ0v) is 9.74. The van der Waals surface area contributed by atoms with Crippen LogP contribution in [0.15, 0.2) is 0 Å². The third kappa shape index (κ3) is 3.80. The van der Waals surface area contributed by atoms with Gasteiger partial charge in [0.25, 0.3) is 0 Å². The smallest absolute Gasteiger partial charge is 0.307 e. The van der Waals surface area contributed by atoms with Gasteiger partial charge in [-0.1, -0.05) is 6.92 Å². The fourth-order valence-corrected chi connectivity index (χ4v) is 2.09. The third-order valence-corrected chi connectivity index (χ3v) is 3.19. The highest BCUT2D eigenvalue weighted by Crippen LogP contribution is 2.16. The topological polar surface area (TPSA) is 55.6 Å². The van der Waals surface area contributed by atoms with E-state index in [0.29, 0.717) is 18.5 Å². The summed E-state index contributed by atoms with van der Waals surface area (Å²) >= 11 is 0. The number of piperidine rings is 1. The van der Waals surface area contributed by atoms with Crippen molar-refractivity contribution in [1.82, 2.24) is 4.90 Å². The van der Waals surface area contributed by atoms with Gasteiger partial charge in [-0.25, -0.2) is 0 Å². The Bertz CT molecular complexity index is 201. The average Bonchev–Trinajstić information content (AvgIpc) is 2.27. The van der Waals surface area contributed by atoms with Crippen LogP contribution in [0.25, 0.3) is 0 Å². The fraction of sp³-hybridized carbons (Fsp3) is 0.909. The van der Waals surface area contributed by atoms with Gasteiger partial charge in [0.1, 0.15) is 0 Å².